The molecule has 150 valence electrons. The summed E-state index contributed by atoms with van der Waals surface area (Å²) in [5, 5.41) is 13.5. The second-order valence-corrected chi connectivity index (χ2v) is 13.1. The van der Waals surface area contributed by atoms with Gasteiger partial charge in [-0.2, -0.15) is 0 Å². The van der Waals surface area contributed by atoms with E-state index in [0.717, 1.165) is 30.0 Å². The Morgan fingerprint density at radius 3 is 2.76 bits per heavy atom. The predicted molar refractivity (Wildman–Crippen MR) is 129 cm³/mol. The third-order valence-corrected chi connectivity index (χ3v) is 11.7. The zero-order valence-electron chi connectivity index (χ0n) is 16.0. The molecule has 3 heterocycles. The molecule has 29 heavy (non-hydrogen) atoms. The van der Waals surface area contributed by atoms with Gasteiger partial charge in [-0.05, 0) is 52.7 Å². The normalized spacial score (nSPS) is 26.9. The van der Waals surface area contributed by atoms with Gasteiger partial charge in [0.2, 0.25) is 0 Å². The van der Waals surface area contributed by atoms with Gasteiger partial charge in [0.25, 0.3) is 0 Å². The summed E-state index contributed by atoms with van der Waals surface area (Å²) < 4.78 is 5.89. The van der Waals surface area contributed by atoms with E-state index in [9.17, 15) is 5.11 Å². The molecular formula is C22H21Cl2N2OPS. The van der Waals surface area contributed by atoms with Gasteiger partial charge in [-0.3, -0.25) is 0 Å². The second-order valence-electron chi connectivity index (χ2n) is 7.76. The molecule has 0 fully saturated rings. The minimum atomic E-state index is -1.55. The number of aliphatic hydroxyl groups is 1. The highest BCUT2D eigenvalue weighted by Crippen LogP contribution is 2.49. The highest BCUT2D eigenvalue weighted by Gasteiger charge is 2.28. The summed E-state index contributed by atoms with van der Waals surface area (Å²) in [6.45, 7) is 1.75. The molecule has 1 N–H and O–H groups in total. The van der Waals surface area contributed by atoms with Crippen molar-refractivity contribution in [2.45, 2.75) is 17.4 Å². The summed E-state index contributed by atoms with van der Waals surface area (Å²) >= 11 is 12.8. The Morgan fingerprint density at radius 1 is 1.24 bits per heavy atom. The molecule has 5 rings (SSSR count). The number of aliphatic hydroxyl groups excluding tert-OH is 1. The molecule has 2 aromatic rings. The minimum Gasteiger partial charge on any atom is -0.506 e. The van der Waals surface area contributed by atoms with Crippen molar-refractivity contribution in [2.75, 3.05) is 19.9 Å². The van der Waals surface area contributed by atoms with Crippen LogP contribution in [0.3, 0.4) is 0 Å². The topological polar surface area (TPSA) is 26.7 Å². The van der Waals surface area contributed by atoms with Crippen LogP contribution in [0.2, 0.25) is 10.0 Å². The summed E-state index contributed by atoms with van der Waals surface area (Å²) in [7, 11) is 0.0583. The van der Waals surface area contributed by atoms with Gasteiger partial charge in [0, 0.05) is 39.3 Å². The fourth-order valence-corrected chi connectivity index (χ4v) is 11.2. The Bertz CT molecular complexity index is 1280. The van der Waals surface area contributed by atoms with Crippen molar-refractivity contribution in [2.24, 2.45) is 0 Å². The van der Waals surface area contributed by atoms with Gasteiger partial charge in [0.15, 0.2) is 0 Å². The van der Waals surface area contributed by atoms with Gasteiger partial charge in [-0.15, -0.1) is 0 Å². The van der Waals surface area contributed by atoms with Crippen LogP contribution in [-0.2, 0) is 6.54 Å². The molecule has 0 amide bonds. The largest absolute Gasteiger partial charge is 0.506 e. The third-order valence-electron chi connectivity index (χ3n) is 5.65. The number of allylic oxidation sites excluding steroid dienone is 1. The van der Waals surface area contributed by atoms with Crippen LogP contribution in [0.5, 0.6) is 0 Å². The van der Waals surface area contributed by atoms with Crippen LogP contribution in [0, 0.1) is 0 Å². The number of rotatable bonds is 2. The zero-order valence-corrected chi connectivity index (χ0v) is 19.2. The number of benzene rings is 2. The summed E-state index contributed by atoms with van der Waals surface area (Å²) in [5.74, 6) is 0.546. The van der Waals surface area contributed by atoms with Crippen LogP contribution in [-0.4, -0.2) is 50.6 Å². The van der Waals surface area contributed by atoms with E-state index in [-0.39, 0.29) is 5.92 Å². The van der Waals surface area contributed by atoms with Crippen molar-refractivity contribution in [1.82, 2.24) is 9.21 Å². The van der Waals surface area contributed by atoms with E-state index in [0.29, 0.717) is 10.8 Å². The van der Waals surface area contributed by atoms with Crippen molar-refractivity contribution in [3.05, 3.63) is 75.1 Å². The van der Waals surface area contributed by atoms with Crippen LogP contribution < -0.4 is 0 Å². The highest BCUT2D eigenvalue weighted by molar-refractivity contribution is 8.30. The average molecular weight is 463 g/mol. The SMILES string of the molecule is C=P1=C=S2(c3ccc(C4CN(C)Cc5c(Cl)cc(Cl)cc54)cc3)=CC(O)=CN2C1. The van der Waals surface area contributed by atoms with Crippen molar-refractivity contribution in [1.29, 1.82) is 0 Å². The Labute approximate surface area is 182 Å². The van der Waals surface area contributed by atoms with Crippen molar-refractivity contribution < 1.29 is 5.11 Å². The van der Waals surface area contributed by atoms with Gasteiger partial charge >= 0.3 is 0 Å². The first-order valence-electron chi connectivity index (χ1n) is 9.33. The molecule has 0 saturated heterocycles. The van der Waals surface area contributed by atoms with Crippen LogP contribution >= 0.6 is 39.8 Å². The van der Waals surface area contributed by atoms with E-state index in [1.807, 2.05) is 17.6 Å². The lowest BCUT2D eigenvalue weighted by atomic mass is 9.85. The summed E-state index contributed by atoms with van der Waals surface area (Å²) in [5.41, 5.74) is 3.62. The number of fused-ring (bicyclic) bond motifs is 2. The Balaban J connectivity index is 1.59. The minimum absolute atomic E-state index is 0.221. The maximum atomic E-state index is 10.1. The maximum absolute atomic E-state index is 10.1. The predicted octanol–water partition coefficient (Wildman–Crippen LogP) is 5.69. The van der Waals surface area contributed by atoms with E-state index in [2.05, 4.69) is 57.6 Å². The second kappa shape index (κ2) is 7.03. The molecule has 0 saturated carbocycles. The average Bonchev–Trinajstić information content (AvgIpc) is 3.13. The van der Waals surface area contributed by atoms with E-state index in [4.69, 9.17) is 23.2 Å². The third kappa shape index (κ3) is 3.20. The Kier molecular flexibility index (Phi) is 4.71. The molecule has 0 radical (unpaired) electrons. The molecule has 3 aliphatic rings. The molecule has 3 aliphatic heterocycles. The standard InChI is InChI=1S/C22H21Cl2N2OPS/c1-25-10-20(19-7-16(23)8-22(24)21(19)11-25)15-3-5-18(6-4-15)29-12-17(27)9-26(29)13-28(2)14-29/h3-9,12,20,27H,2,10-11,13H2,1H3. The number of hydrogen-bond donors (Lipinski definition) is 1. The fraction of sp³-hybridized carbons (Fsp3) is 0.227. The van der Waals surface area contributed by atoms with Crippen molar-refractivity contribution in [3.63, 3.8) is 0 Å². The van der Waals surface area contributed by atoms with Gasteiger partial charge in [0.1, 0.15) is 5.76 Å². The first kappa shape index (κ1) is 19.5. The number of hydrogen-bond acceptors (Lipinski definition) is 3. The number of nitrogens with zero attached hydrogens (tertiary/aromatic N) is 2. The molecule has 2 aromatic carbocycles. The molecule has 0 spiro atoms. The molecule has 3 unspecified atom stereocenters. The molecule has 0 aliphatic carbocycles. The smallest absolute Gasteiger partial charge is 0.139 e. The van der Waals surface area contributed by atoms with Crippen LogP contribution in [0.1, 0.15) is 22.6 Å². The first-order chi connectivity index (χ1) is 13.9. The quantitative estimate of drug-likeness (QED) is 0.458. The summed E-state index contributed by atoms with van der Waals surface area (Å²) in [6.07, 6.45) is 6.91. The fourth-order valence-electron chi connectivity index (χ4n) is 4.40. The lowest BCUT2D eigenvalue weighted by molar-refractivity contribution is 0.295. The zero-order chi connectivity index (χ0) is 20.3. The Morgan fingerprint density at radius 2 is 2.00 bits per heavy atom. The van der Waals surface area contributed by atoms with Gasteiger partial charge in [-0.1, -0.05) is 58.2 Å². The van der Waals surface area contributed by atoms with Gasteiger partial charge in [0.05, 0.1) is 12.5 Å². The van der Waals surface area contributed by atoms with Gasteiger partial charge in [-0.25, -0.2) is 0 Å². The Hall–Kier alpha value is -1.51. The lowest BCUT2D eigenvalue weighted by Crippen LogP contribution is -2.31. The van der Waals surface area contributed by atoms with E-state index in [1.165, 1.54) is 16.0 Å². The molecular weight excluding hydrogens is 442 g/mol. The summed E-state index contributed by atoms with van der Waals surface area (Å²) in [6, 6.07) is 12.7. The summed E-state index contributed by atoms with van der Waals surface area (Å²) in [4.78, 5) is 3.48. The lowest BCUT2D eigenvalue weighted by Gasteiger charge is -2.33. The highest BCUT2D eigenvalue weighted by atomic mass is 35.5. The number of halogens is 2. The molecule has 0 aromatic heterocycles. The van der Waals surface area contributed by atoms with Crippen LogP contribution in [0.25, 0.3) is 0 Å². The van der Waals surface area contributed by atoms with Crippen LogP contribution in [0.4, 0.5) is 0 Å². The molecule has 3 nitrogen and oxygen atoms in total. The van der Waals surface area contributed by atoms with E-state index in [1.54, 1.807) is 0 Å². The molecule has 0 bridgehead atoms. The molecule has 7 heteroatoms. The van der Waals surface area contributed by atoms with Crippen molar-refractivity contribution in [3.8, 4) is 0 Å². The maximum Gasteiger partial charge on any atom is 0.139 e. The van der Waals surface area contributed by atoms with Crippen molar-refractivity contribution >= 4 is 56.2 Å². The van der Waals surface area contributed by atoms with Gasteiger partial charge < -0.3 is 14.3 Å². The number of likely N-dealkylation sites (N-methyl/N-ethyl adjacent to an activating group) is 1. The van der Waals surface area contributed by atoms with E-state index >= 15 is 0 Å². The monoisotopic (exact) mass is 462 g/mol. The van der Waals surface area contributed by atoms with Crippen LogP contribution in [0.15, 0.2) is 53.3 Å². The van der Waals surface area contributed by atoms with E-state index < -0.39 is 16.6 Å². The first-order valence-corrected chi connectivity index (χ1v) is 13.5. The molecule has 3 atom stereocenters.